The lowest BCUT2D eigenvalue weighted by Crippen LogP contribution is -2.31. The lowest BCUT2D eigenvalue weighted by Gasteiger charge is -2.28. The maximum Gasteiger partial charge on any atom is 0.256 e. The Balaban J connectivity index is 1.97. The van der Waals surface area contributed by atoms with Gasteiger partial charge in [0, 0.05) is 0 Å². The van der Waals surface area contributed by atoms with Gasteiger partial charge in [-0.25, -0.2) is 0 Å². The highest BCUT2D eigenvalue weighted by molar-refractivity contribution is 5.47. The van der Waals surface area contributed by atoms with E-state index in [4.69, 9.17) is 10.5 Å². The molecule has 2 rings (SSSR count). The molecule has 2 heterocycles. The molecular formula is C12H20N4O. The van der Waals surface area contributed by atoms with Crippen LogP contribution in [-0.2, 0) is 6.42 Å². The number of methoxy groups -OCH3 is 1. The van der Waals surface area contributed by atoms with E-state index in [1.165, 1.54) is 25.9 Å². The third-order valence-electron chi connectivity index (χ3n) is 3.37. The zero-order chi connectivity index (χ0) is 12.3. The number of hydrogen-bond donors (Lipinski definition) is 1. The molecule has 0 spiro atoms. The van der Waals surface area contributed by atoms with E-state index in [-0.39, 0.29) is 0 Å². The molecule has 1 saturated heterocycles. The van der Waals surface area contributed by atoms with E-state index in [1.807, 2.05) is 6.07 Å². The Bertz CT molecular complexity index is 375. The van der Waals surface area contributed by atoms with Gasteiger partial charge < -0.3 is 15.4 Å². The van der Waals surface area contributed by atoms with Crippen LogP contribution in [0.3, 0.4) is 0 Å². The van der Waals surface area contributed by atoms with E-state index in [1.54, 1.807) is 7.11 Å². The molecule has 94 valence electrons. The second-order valence-corrected chi connectivity index (χ2v) is 4.75. The number of piperidine rings is 1. The van der Waals surface area contributed by atoms with Crippen LogP contribution in [0.1, 0.15) is 18.5 Å². The first-order valence-corrected chi connectivity index (χ1v) is 6.03. The molecule has 0 aliphatic carbocycles. The van der Waals surface area contributed by atoms with Gasteiger partial charge in [-0.2, -0.15) is 5.10 Å². The van der Waals surface area contributed by atoms with E-state index >= 15 is 0 Å². The molecule has 1 fully saturated rings. The summed E-state index contributed by atoms with van der Waals surface area (Å²) in [6.45, 7) is 2.34. The third-order valence-corrected chi connectivity index (χ3v) is 3.37. The first kappa shape index (κ1) is 12.1. The van der Waals surface area contributed by atoms with Crippen LogP contribution >= 0.6 is 0 Å². The van der Waals surface area contributed by atoms with Crippen molar-refractivity contribution < 1.29 is 4.74 Å². The minimum Gasteiger partial charge on any atom is -0.478 e. The molecule has 0 unspecified atom stereocenters. The molecule has 2 N–H and O–H groups in total. The van der Waals surface area contributed by atoms with Crippen molar-refractivity contribution in [1.82, 2.24) is 15.1 Å². The molecule has 17 heavy (non-hydrogen) atoms. The third kappa shape index (κ3) is 3.06. The van der Waals surface area contributed by atoms with Crippen LogP contribution in [0.2, 0.25) is 0 Å². The van der Waals surface area contributed by atoms with Crippen molar-refractivity contribution in [2.45, 2.75) is 19.3 Å². The van der Waals surface area contributed by atoms with Crippen molar-refractivity contribution in [2.75, 3.05) is 33.0 Å². The van der Waals surface area contributed by atoms with Crippen molar-refractivity contribution in [1.29, 1.82) is 0 Å². The van der Waals surface area contributed by atoms with Gasteiger partial charge in [0.05, 0.1) is 18.5 Å². The molecule has 0 amide bonds. The van der Waals surface area contributed by atoms with E-state index in [0.29, 0.717) is 17.5 Å². The zero-order valence-electron chi connectivity index (χ0n) is 10.5. The molecule has 5 heteroatoms. The molecule has 0 bridgehead atoms. The predicted molar refractivity (Wildman–Crippen MR) is 66.9 cm³/mol. The molecule has 1 aromatic rings. The normalized spacial score (nSPS) is 18.2. The van der Waals surface area contributed by atoms with Crippen LogP contribution in [0.4, 0.5) is 5.69 Å². The van der Waals surface area contributed by atoms with Gasteiger partial charge in [-0.05, 0) is 51.4 Å². The summed E-state index contributed by atoms with van der Waals surface area (Å²) >= 11 is 0. The smallest absolute Gasteiger partial charge is 0.256 e. The Labute approximate surface area is 102 Å². The number of nitrogens with zero attached hydrogens (tertiary/aromatic N) is 3. The minimum absolute atomic E-state index is 0.414. The van der Waals surface area contributed by atoms with Crippen molar-refractivity contribution in [3.05, 3.63) is 11.8 Å². The summed E-state index contributed by atoms with van der Waals surface area (Å²) in [5, 5.41) is 8.12. The molecule has 0 saturated carbocycles. The first-order valence-electron chi connectivity index (χ1n) is 6.03. The van der Waals surface area contributed by atoms with Gasteiger partial charge in [0.2, 0.25) is 0 Å². The maximum atomic E-state index is 5.82. The first-order chi connectivity index (χ1) is 8.19. The molecule has 1 aliphatic rings. The predicted octanol–water partition coefficient (Wildman–Crippen LogP) is 0.952. The highest BCUT2D eigenvalue weighted by atomic mass is 16.5. The monoisotopic (exact) mass is 236 g/mol. The van der Waals surface area contributed by atoms with Crippen LogP contribution in [-0.4, -0.2) is 42.3 Å². The van der Waals surface area contributed by atoms with Gasteiger partial charge in [-0.1, -0.05) is 0 Å². The van der Waals surface area contributed by atoms with Crippen LogP contribution in [0.15, 0.2) is 6.07 Å². The topological polar surface area (TPSA) is 64.3 Å². The Kier molecular flexibility index (Phi) is 3.78. The van der Waals surface area contributed by atoms with E-state index < -0.39 is 0 Å². The summed E-state index contributed by atoms with van der Waals surface area (Å²) in [7, 11) is 3.72. The van der Waals surface area contributed by atoms with Crippen LogP contribution < -0.4 is 10.5 Å². The molecule has 0 radical (unpaired) electrons. The molecule has 1 aromatic heterocycles. The Hall–Kier alpha value is -1.36. The maximum absolute atomic E-state index is 5.82. The van der Waals surface area contributed by atoms with Crippen LogP contribution in [0.5, 0.6) is 5.88 Å². The minimum atomic E-state index is 0.414. The quantitative estimate of drug-likeness (QED) is 0.846. The average molecular weight is 236 g/mol. The zero-order valence-corrected chi connectivity index (χ0v) is 10.5. The summed E-state index contributed by atoms with van der Waals surface area (Å²) < 4.78 is 5.00. The lowest BCUT2D eigenvalue weighted by atomic mass is 9.92. The van der Waals surface area contributed by atoms with Gasteiger partial charge >= 0.3 is 0 Å². The number of likely N-dealkylation sites (tertiary alicyclic amines) is 1. The second-order valence-electron chi connectivity index (χ2n) is 4.75. The van der Waals surface area contributed by atoms with Gasteiger partial charge in [-0.3, -0.25) is 0 Å². The summed E-state index contributed by atoms with van der Waals surface area (Å²) in [6.07, 6.45) is 3.42. The summed E-state index contributed by atoms with van der Waals surface area (Å²) in [6, 6.07) is 1.88. The number of ether oxygens (including phenoxy) is 1. The van der Waals surface area contributed by atoms with Gasteiger partial charge in [-0.15, -0.1) is 5.10 Å². The molecular weight excluding hydrogens is 216 g/mol. The highest BCUT2D eigenvalue weighted by Gasteiger charge is 2.18. The molecule has 1 aliphatic heterocycles. The number of rotatable bonds is 3. The molecule has 5 nitrogen and oxygen atoms in total. The lowest BCUT2D eigenvalue weighted by molar-refractivity contribution is 0.218. The van der Waals surface area contributed by atoms with Crippen molar-refractivity contribution in [2.24, 2.45) is 5.92 Å². The molecule has 0 aromatic carbocycles. The standard InChI is InChI=1S/C12H20N4O/c1-16-5-3-9(4-6-16)7-10-8-11(13)12(17-2)15-14-10/h8-9H,3-7H2,1-2H3,(H2,13,14). The van der Waals surface area contributed by atoms with Crippen LogP contribution in [0, 0.1) is 5.92 Å². The second kappa shape index (κ2) is 5.31. The van der Waals surface area contributed by atoms with Crippen molar-refractivity contribution in [3.63, 3.8) is 0 Å². The van der Waals surface area contributed by atoms with Crippen molar-refractivity contribution in [3.8, 4) is 5.88 Å². The summed E-state index contributed by atoms with van der Waals surface area (Å²) in [5.41, 5.74) is 7.37. The number of aromatic nitrogens is 2. The summed E-state index contributed by atoms with van der Waals surface area (Å²) in [5.74, 6) is 1.12. The van der Waals surface area contributed by atoms with Crippen molar-refractivity contribution >= 4 is 5.69 Å². The number of anilines is 1. The Morgan fingerprint density at radius 3 is 2.71 bits per heavy atom. The molecule has 0 atom stereocenters. The van der Waals surface area contributed by atoms with Gasteiger partial charge in [0.25, 0.3) is 5.88 Å². The number of hydrogen-bond acceptors (Lipinski definition) is 5. The number of nitrogen functional groups attached to an aromatic ring is 1. The largest absolute Gasteiger partial charge is 0.478 e. The van der Waals surface area contributed by atoms with Crippen LogP contribution in [0.25, 0.3) is 0 Å². The fraction of sp³-hybridized carbons (Fsp3) is 0.667. The van der Waals surface area contributed by atoms with E-state index in [2.05, 4.69) is 22.1 Å². The summed E-state index contributed by atoms with van der Waals surface area (Å²) in [4.78, 5) is 2.37. The number of nitrogens with two attached hydrogens (primary N) is 1. The van der Waals surface area contributed by atoms with E-state index in [0.717, 1.165) is 12.1 Å². The Morgan fingerprint density at radius 2 is 2.12 bits per heavy atom. The average Bonchev–Trinajstić information content (AvgIpc) is 2.32. The fourth-order valence-corrected chi connectivity index (χ4v) is 2.26. The van der Waals surface area contributed by atoms with Gasteiger partial charge in [0.1, 0.15) is 0 Å². The highest BCUT2D eigenvalue weighted by Crippen LogP contribution is 2.22. The van der Waals surface area contributed by atoms with Gasteiger partial charge in [0.15, 0.2) is 0 Å². The SMILES string of the molecule is COc1nnc(CC2CCN(C)CC2)cc1N. The fourth-order valence-electron chi connectivity index (χ4n) is 2.26. The Morgan fingerprint density at radius 1 is 1.41 bits per heavy atom. The van der Waals surface area contributed by atoms with E-state index in [9.17, 15) is 0 Å².